The highest BCUT2D eigenvalue weighted by Gasteiger charge is 2.42. The zero-order valence-electron chi connectivity index (χ0n) is 17.3. The summed E-state index contributed by atoms with van der Waals surface area (Å²) in [5, 5.41) is 12.4. The van der Waals surface area contributed by atoms with Gasteiger partial charge in [-0.3, -0.25) is 14.2 Å². The van der Waals surface area contributed by atoms with Crippen molar-refractivity contribution in [3.63, 3.8) is 0 Å². The molecule has 33 heavy (non-hydrogen) atoms. The van der Waals surface area contributed by atoms with Crippen molar-refractivity contribution in [2.24, 2.45) is 0 Å². The number of benzene rings is 2. The van der Waals surface area contributed by atoms with E-state index in [1.54, 1.807) is 16.9 Å². The molecule has 0 radical (unpaired) electrons. The van der Waals surface area contributed by atoms with Crippen molar-refractivity contribution in [1.29, 1.82) is 0 Å². The molecule has 4 aromatic rings. The first-order chi connectivity index (χ1) is 15.8. The number of nitrogens with zero attached hydrogens (tertiary/aromatic N) is 4. The van der Waals surface area contributed by atoms with Crippen LogP contribution in [0, 0.1) is 0 Å². The van der Waals surface area contributed by atoms with Gasteiger partial charge in [-0.05, 0) is 29.2 Å². The van der Waals surface area contributed by atoms with Gasteiger partial charge in [-0.25, -0.2) is 0 Å². The number of aromatic nitrogens is 4. The third-order valence-corrected chi connectivity index (χ3v) is 5.95. The minimum absolute atomic E-state index is 0.103. The van der Waals surface area contributed by atoms with Crippen LogP contribution in [-0.4, -0.2) is 25.5 Å². The van der Waals surface area contributed by atoms with E-state index in [4.69, 9.17) is 11.6 Å². The number of anilines is 1. The average molecular weight is 474 g/mol. The van der Waals surface area contributed by atoms with Crippen LogP contribution < -0.4 is 5.32 Å². The van der Waals surface area contributed by atoms with E-state index < -0.39 is 22.8 Å². The molecule has 10 heteroatoms. The molecule has 1 saturated carbocycles. The van der Waals surface area contributed by atoms with Crippen molar-refractivity contribution >= 4 is 34.1 Å². The smallest absolute Gasteiger partial charge is 0.308 e. The molecule has 1 aliphatic carbocycles. The van der Waals surface area contributed by atoms with E-state index in [9.17, 15) is 18.0 Å². The van der Waals surface area contributed by atoms with Crippen LogP contribution >= 0.6 is 11.6 Å². The van der Waals surface area contributed by atoms with Gasteiger partial charge in [-0.15, -0.1) is 0 Å². The van der Waals surface area contributed by atoms with Crippen molar-refractivity contribution in [3.05, 3.63) is 76.7 Å². The standard InChI is InChI=1S/C23H19ClF3N5O/c24-20-21(15-8-9-15)32(30-22(20)23(25,26)27)13-19(33)28-18-10-11-31(29-18)12-16-6-3-5-14-4-1-2-7-17(14)16/h1-7,10-11,15H,8-9,12-13H2,(H,28,29,33). The van der Waals surface area contributed by atoms with Crippen LogP contribution in [0.2, 0.25) is 5.02 Å². The molecule has 6 nitrogen and oxygen atoms in total. The van der Waals surface area contributed by atoms with Crippen LogP contribution in [0.15, 0.2) is 54.7 Å². The number of rotatable bonds is 6. The van der Waals surface area contributed by atoms with Crippen LogP contribution in [-0.2, 0) is 24.1 Å². The first-order valence-corrected chi connectivity index (χ1v) is 10.8. The average Bonchev–Trinajstić information content (AvgIpc) is 3.41. The predicted octanol–water partition coefficient (Wildman–Crippen LogP) is 5.47. The van der Waals surface area contributed by atoms with Crippen LogP contribution in [0.3, 0.4) is 0 Å². The Balaban J connectivity index is 1.30. The summed E-state index contributed by atoms with van der Waals surface area (Å²) in [7, 11) is 0. The normalized spacial score (nSPS) is 14.1. The number of hydrogen-bond acceptors (Lipinski definition) is 3. The molecule has 1 aliphatic rings. The Morgan fingerprint density at radius 2 is 1.85 bits per heavy atom. The maximum atomic E-state index is 13.2. The van der Waals surface area contributed by atoms with Gasteiger partial charge in [-0.2, -0.15) is 23.4 Å². The van der Waals surface area contributed by atoms with Gasteiger partial charge in [0.25, 0.3) is 0 Å². The quantitative estimate of drug-likeness (QED) is 0.404. The number of halogens is 4. The van der Waals surface area contributed by atoms with Crippen LogP contribution in [0.5, 0.6) is 0 Å². The molecule has 1 fully saturated rings. The van der Waals surface area contributed by atoms with Crippen molar-refractivity contribution in [2.75, 3.05) is 5.32 Å². The molecule has 5 rings (SSSR count). The van der Waals surface area contributed by atoms with E-state index in [-0.39, 0.29) is 18.2 Å². The van der Waals surface area contributed by atoms with Crippen LogP contribution in [0.4, 0.5) is 19.0 Å². The minimum Gasteiger partial charge on any atom is -0.308 e. The highest BCUT2D eigenvalue weighted by molar-refractivity contribution is 6.32. The zero-order valence-corrected chi connectivity index (χ0v) is 18.1. The van der Waals surface area contributed by atoms with Gasteiger partial charge >= 0.3 is 6.18 Å². The molecule has 0 spiro atoms. The molecule has 170 valence electrons. The Kier molecular flexibility index (Phi) is 5.36. The van der Waals surface area contributed by atoms with Gasteiger partial charge in [0, 0.05) is 18.2 Å². The Morgan fingerprint density at radius 1 is 1.09 bits per heavy atom. The summed E-state index contributed by atoms with van der Waals surface area (Å²) in [4.78, 5) is 12.5. The second kappa shape index (κ2) is 8.22. The number of amides is 1. The number of nitrogens with one attached hydrogen (secondary N) is 1. The molecule has 2 aromatic heterocycles. The topological polar surface area (TPSA) is 64.7 Å². The Hall–Kier alpha value is -3.33. The molecule has 0 saturated heterocycles. The Labute approximate surface area is 192 Å². The van der Waals surface area contributed by atoms with Gasteiger partial charge in [0.05, 0.1) is 17.3 Å². The summed E-state index contributed by atoms with van der Waals surface area (Å²) in [6.45, 7) is 0.130. The molecular weight excluding hydrogens is 455 g/mol. The van der Waals surface area contributed by atoms with Gasteiger partial charge in [0.15, 0.2) is 11.5 Å². The fourth-order valence-electron chi connectivity index (χ4n) is 3.94. The first kappa shape index (κ1) is 21.5. The third-order valence-electron chi connectivity index (χ3n) is 5.58. The zero-order chi connectivity index (χ0) is 23.2. The highest BCUT2D eigenvalue weighted by Crippen LogP contribution is 2.46. The van der Waals surface area contributed by atoms with Gasteiger partial charge in [-0.1, -0.05) is 54.1 Å². The molecule has 0 atom stereocenters. The SMILES string of the molecule is O=C(Cn1nc(C(F)(F)F)c(Cl)c1C1CC1)Nc1ccn(Cc2cccc3ccccc23)n1. The molecule has 0 bridgehead atoms. The van der Waals surface area contributed by atoms with Crippen molar-refractivity contribution in [1.82, 2.24) is 19.6 Å². The monoisotopic (exact) mass is 473 g/mol. The number of carbonyl (C=O) groups is 1. The fourth-order valence-corrected chi connectivity index (χ4v) is 4.34. The Bertz CT molecular complexity index is 1330. The summed E-state index contributed by atoms with van der Waals surface area (Å²) >= 11 is 5.96. The number of hydrogen-bond donors (Lipinski definition) is 1. The summed E-state index contributed by atoms with van der Waals surface area (Å²) in [5.74, 6) is -0.323. The first-order valence-electron chi connectivity index (χ1n) is 10.4. The summed E-state index contributed by atoms with van der Waals surface area (Å²) in [6.07, 6.45) is -1.49. The van der Waals surface area contributed by atoms with Gasteiger partial charge < -0.3 is 5.32 Å². The molecule has 1 amide bonds. The molecule has 0 aliphatic heterocycles. The van der Waals surface area contributed by atoms with Crippen LogP contribution in [0.25, 0.3) is 10.8 Å². The lowest BCUT2D eigenvalue weighted by molar-refractivity contribution is -0.141. The summed E-state index contributed by atoms with van der Waals surface area (Å²) < 4.78 is 42.4. The molecule has 2 heterocycles. The summed E-state index contributed by atoms with van der Waals surface area (Å²) in [5.41, 5.74) is 0.188. The predicted molar refractivity (Wildman–Crippen MR) is 118 cm³/mol. The van der Waals surface area contributed by atoms with E-state index in [0.29, 0.717) is 12.4 Å². The van der Waals surface area contributed by atoms with E-state index in [2.05, 4.69) is 15.5 Å². The van der Waals surface area contributed by atoms with Gasteiger partial charge in [0.1, 0.15) is 6.54 Å². The Morgan fingerprint density at radius 3 is 2.61 bits per heavy atom. The van der Waals surface area contributed by atoms with Crippen molar-refractivity contribution in [2.45, 2.75) is 38.0 Å². The molecule has 1 N–H and O–H groups in total. The maximum absolute atomic E-state index is 13.2. The van der Waals surface area contributed by atoms with Gasteiger partial charge in [0.2, 0.25) is 5.91 Å². The van der Waals surface area contributed by atoms with Crippen LogP contribution in [0.1, 0.15) is 35.7 Å². The number of carbonyl (C=O) groups excluding carboxylic acids is 1. The third kappa shape index (κ3) is 4.45. The lowest BCUT2D eigenvalue weighted by Crippen LogP contribution is -2.21. The van der Waals surface area contributed by atoms with Crippen molar-refractivity contribution < 1.29 is 18.0 Å². The largest absolute Gasteiger partial charge is 0.436 e. The van der Waals surface area contributed by atoms with E-state index in [1.165, 1.54) is 0 Å². The minimum atomic E-state index is -4.68. The van der Waals surface area contributed by atoms with E-state index in [1.807, 2.05) is 42.5 Å². The highest BCUT2D eigenvalue weighted by atomic mass is 35.5. The van der Waals surface area contributed by atoms with E-state index in [0.717, 1.165) is 33.9 Å². The number of alkyl halides is 3. The fraction of sp³-hybridized carbons (Fsp3) is 0.261. The van der Waals surface area contributed by atoms with E-state index >= 15 is 0 Å². The second-order valence-electron chi connectivity index (χ2n) is 8.06. The van der Waals surface area contributed by atoms with Crippen molar-refractivity contribution in [3.8, 4) is 0 Å². The molecular formula is C23H19ClF3N5O. The molecule has 0 unspecified atom stereocenters. The molecule has 2 aromatic carbocycles. The lowest BCUT2D eigenvalue weighted by atomic mass is 10.0. The maximum Gasteiger partial charge on any atom is 0.436 e. The lowest BCUT2D eigenvalue weighted by Gasteiger charge is -2.08. The second-order valence-corrected chi connectivity index (χ2v) is 8.44. The number of fused-ring (bicyclic) bond motifs is 1. The summed E-state index contributed by atoms with van der Waals surface area (Å²) in [6, 6.07) is 15.7.